The molecule has 1 unspecified atom stereocenters. The Morgan fingerprint density at radius 3 is 2.58 bits per heavy atom. The minimum atomic E-state index is -0.596. The molecule has 106 valence electrons. The quantitative estimate of drug-likeness (QED) is 0.726. The van der Waals surface area contributed by atoms with Crippen LogP contribution in [0.25, 0.3) is 0 Å². The van der Waals surface area contributed by atoms with Crippen LogP contribution in [0.2, 0.25) is 5.02 Å². The van der Waals surface area contributed by atoms with E-state index < -0.39 is 5.54 Å². The minimum Gasteiger partial charge on any atom is -0.368 e. The van der Waals surface area contributed by atoms with E-state index in [0.29, 0.717) is 0 Å². The van der Waals surface area contributed by atoms with E-state index in [2.05, 4.69) is 5.32 Å². The first-order valence-corrected chi connectivity index (χ1v) is 7.82. The Kier molecular flexibility index (Phi) is 6.69. The molecule has 3 nitrogen and oxygen atoms in total. The second-order valence-electron chi connectivity index (χ2n) is 4.73. The molecule has 1 amide bonds. The molecule has 1 aromatic carbocycles. The highest BCUT2D eigenvalue weighted by atomic mass is 35.5. The van der Waals surface area contributed by atoms with Crippen molar-refractivity contribution in [2.24, 2.45) is 5.73 Å². The Morgan fingerprint density at radius 1 is 1.42 bits per heavy atom. The molecule has 1 rings (SSSR count). The van der Waals surface area contributed by atoms with E-state index >= 15 is 0 Å². The standard InChI is InChI=1S/C14H21ClN2OS/c1-14(17-2,13(16)18)8-3-9-19-10-11-4-6-12(15)7-5-11/h4-7,17H,3,8-10H2,1-2H3,(H2,16,18). The van der Waals surface area contributed by atoms with E-state index in [1.807, 2.05) is 43.0 Å². The average Bonchev–Trinajstić information content (AvgIpc) is 2.40. The Hall–Kier alpha value is -0.710. The summed E-state index contributed by atoms with van der Waals surface area (Å²) in [4.78, 5) is 11.3. The second kappa shape index (κ2) is 7.78. The van der Waals surface area contributed by atoms with E-state index in [9.17, 15) is 4.79 Å². The van der Waals surface area contributed by atoms with Crippen LogP contribution in [0.15, 0.2) is 24.3 Å². The number of halogens is 1. The topological polar surface area (TPSA) is 55.1 Å². The zero-order valence-corrected chi connectivity index (χ0v) is 13.0. The number of rotatable bonds is 8. The summed E-state index contributed by atoms with van der Waals surface area (Å²) in [7, 11) is 1.77. The van der Waals surface area contributed by atoms with Gasteiger partial charge in [0.15, 0.2) is 0 Å². The van der Waals surface area contributed by atoms with Gasteiger partial charge < -0.3 is 11.1 Å². The number of hydrogen-bond donors (Lipinski definition) is 2. The van der Waals surface area contributed by atoms with Crippen molar-refractivity contribution in [1.82, 2.24) is 5.32 Å². The molecule has 1 atom stereocenters. The number of hydrogen-bond acceptors (Lipinski definition) is 3. The van der Waals surface area contributed by atoms with Gasteiger partial charge >= 0.3 is 0 Å². The fraction of sp³-hybridized carbons (Fsp3) is 0.500. The number of carbonyl (C=O) groups is 1. The third-order valence-corrected chi connectivity index (χ3v) is 4.61. The molecule has 0 aliphatic carbocycles. The molecule has 19 heavy (non-hydrogen) atoms. The third kappa shape index (κ3) is 5.43. The van der Waals surface area contributed by atoms with Gasteiger partial charge in [0.25, 0.3) is 0 Å². The summed E-state index contributed by atoms with van der Waals surface area (Å²) in [6.45, 7) is 1.85. The van der Waals surface area contributed by atoms with Crippen molar-refractivity contribution in [2.75, 3.05) is 12.8 Å². The maximum Gasteiger partial charge on any atom is 0.237 e. The van der Waals surface area contributed by atoms with Crippen molar-refractivity contribution in [3.8, 4) is 0 Å². The van der Waals surface area contributed by atoms with E-state index in [1.165, 1.54) is 5.56 Å². The van der Waals surface area contributed by atoms with Crippen molar-refractivity contribution in [1.29, 1.82) is 0 Å². The lowest BCUT2D eigenvalue weighted by molar-refractivity contribution is -0.123. The van der Waals surface area contributed by atoms with Crippen LogP contribution >= 0.6 is 23.4 Å². The Labute approximate surface area is 124 Å². The van der Waals surface area contributed by atoms with E-state index in [0.717, 1.165) is 29.4 Å². The summed E-state index contributed by atoms with van der Waals surface area (Å²) in [6.07, 6.45) is 1.71. The SMILES string of the molecule is CNC(C)(CCCSCc1ccc(Cl)cc1)C(N)=O. The lowest BCUT2D eigenvalue weighted by Gasteiger charge is -2.25. The van der Waals surface area contributed by atoms with Crippen molar-refractivity contribution >= 4 is 29.3 Å². The van der Waals surface area contributed by atoms with Crippen LogP contribution in [-0.4, -0.2) is 24.2 Å². The van der Waals surface area contributed by atoms with Crippen LogP contribution in [0.1, 0.15) is 25.3 Å². The molecule has 0 bridgehead atoms. The molecule has 0 aliphatic rings. The van der Waals surface area contributed by atoms with Gasteiger partial charge in [-0.2, -0.15) is 11.8 Å². The van der Waals surface area contributed by atoms with Gasteiger partial charge in [0.1, 0.15) is 0 Å². The number of primary amides is 1. The van der Waals surface area contributed by atoms with E-state index in [-0.39, 0.29) is 5.91 Å². The third-order valence-electron chi connectivity index (χ3n) is 3.24. The zero-order valence-electron chi connectivity index (χ0n) is 11.4. The van der Waals surface area contributed by atoms with Crippen LogP contribution < -0.4 is 11.1 Å². The van der Waals surface area contributed by atoms with Crippen LogP contribution in [-0.2, 0) is 10.5 Å². The fourth-order valence-corrected chi connectivity index (χ4v) is 2.72. The Balaban J connectivity index is 2.24. The number of likely N-dealkylation sites (N-methyl/N-ethyl adjacent to an activating group) is 1. The number of benzene rings is 1. The first-order valence-electron chi connectivity index (χ1n) is 6.29. The summed E-state index contributed by atoms with van der Waals surface area (Å²) in [5.41, 5.74) is 6.05. The summed E-state index contributed by atoms with van der Waals surface area (Å²) in [6, 6.07) is 7.89. The zero-order chi connectivity index (χ0) is 14.3. The van der Waals surface area contributed by atoms with Crippen LogP contribution in [0.3, 0.4) is 0 Å². The van der Waals surface area contributed by atoms with Gasteiger partial charge in [-0.15, -0.1) is 0 Å². The predicted octanol–water partition coefficient (Wildman–Crippen LogP) is 2.82. The fourth-order valence-electron chi connectivity index (χ4n) is 1.67. The first-order chi connectivity index (χ1) is 8.98. The highest BCUT2D eigenvalue weighted by Crippen LogP contribution is 2.18. The van der Waals surface area contributed by atoms with E-state index in [4.69, 9.17) is 17.3 Å². The van der Waals surface area contributed by atoms with Gasteiger partial charge in [-0.25, -0.2) is 0 Å². The molecule has 3 N–H and O–H groups in total. The van der Waals surface area contributed by atoms with Crippen LogP contribution in [0.4, 0.5) is 0 Å². The van der Waals surface area contributed by atoms with Crippen LogP contribution in [0, 0.1) is 0 Å². The normalized spacial score (nSPS) is 14.1. The monoisotopic (exact) mass is 300 g/mol. The molecule has 0 saturated heterocycles. The van der Waals surface area contributed by atoms with Gasteiger partial charge in [0, 0.05) is 10.8 Å². The molecular weight excluding hydrogens is 280 g/mol. The minimum absolute atomic E-state index is 0.294. The summed E-state index contributed by atoms with van der Waals surface area (Å²) < 4.78 is 0. The van der Waals surface area contributed by atoms with Crippen molar-refractivity contribution in [2.45, 2.75) is 31.1 Å². The Bertz CT molecular complexity index is 410. The number of nitrogens with two attached hydrogens (primary N) is 1. The van der Waals surface area contributed by atoms with Gasteiger partial charge in [-0.1, -0.05) is 23.7 Å². The predicted molar refractivity (Wildman–Crippen MR) is 83.5 cm³/mol. The lowest BCUT2D eigenvalue weighted by Crippen LogP contribution is -2.51. The van der Waals surface area contributed by atoms with Gasteiger partial charge in [0.05, 0.1) is 5.54 Å². The number of amides is 1. The molecular formula is C14H21ClN2OS. The molecule has 0 radical (unpaired) electrons. The average molecular weight is 301 g/mol. The van der Waals surface area contributed by atoms with Gasteiger partial charge in [-0.3, -0.25) is 4.79 Å². The second-order valence-corrected chi connectivity index (χ2v) is 6.27. The molecule has 0 aliphatic heterocycles. The van der Waals surface area contributed by atoms with Gasteiger partial charge in [-0.05, 0) is 50.3 Å². The molecule has 0 aromatic heterocycles. The number of carbonyl (C=O) groups excluding carboxylic acids is 1. The maximum atomic E-state index is 11.3. The highest BCUT2D eigenvalue weighted by molar-refractivity contribution is 7.98. The largest absolute Gasteiger partial charge is 0.368 e. The lowest BCUT2D eigenvalue weighted by atomic mass is 9.96. The van der Waals surface area contributed by atoms with Crippen LogP contribution in [0.5, 0.6) is 0 Å². The molecule has 0 heterocycles. The summed E-state index contributed by atoms with van der Waals surface area (Å²) in [5, 5.41) is 3.76. The molecule has 0 spiro atoms. The van der Waals surface area contributed by atoms with E-state index in [1.54, 1.807) is 7.05 Å². The van der Waals surface area contributed by atoms with Crippen molar-refractivity contribution in [3.05, 3.63) is 34.9 Å². The van der Waals surface area contributed by atoms with Gasteiger partial charge in [0.2, 0.25) is 5.91 Å². The van der Waals surface area contributed by atoms with Crippen molar-refractivity contribution < 1.29 is 4.79 Å². The number of thioether (sulfide) groups is 1. The smallest absolute Gasteiger partial charge is 0.237 e. The molecule has 5 heteroatoms. The highest BCUT2D eigenvalue weighted by Gasteiger charge is 2.27. The summed E-state index contributed by atoms with van der Waals surface area (Å²) >= 11 is 7.69. The van der Waals surface area contributed by atoms with Crippen molar-refractivity contribution in [3.63, 3.8) is 0 Å². The number of nitrogens with one attached hydrogen (secondary N) is 1. The molecule has 0 saturated carbocycles. The summed E-state index contributed by atoms with van der Waals surface area (Å²) in [5.74, 6) is 1.68. The Morgan fingerprint density at radius 2 is 2.05 bits per heavy atom. The maximum absolute atomic E-state index is 11.3. The molecule has 0 fully saturated rings. The molecule has 1 aromatic rings. The first kappa shape index (κ1) is 16.3.